The van der Waals surface area contributed by atoms with Gasteiger partial charge in [-0.15, -0.1) is 0 Å². The second-order valence-corrected chi connectivity index (χ2v) is 5.92. The molecule has 2 rings (SSSR count). The van der Waals surface area contributed by atoms with E-state index in [0.717, 1.165) is 17.6 Å². The minimum atomic E-state index is 0.350. The molecular formula is C12H21N3S. The van der Waals surface area contributed by atoms with Gasteiger partial charge in [0.05, 0.1) is 6.04 Å². The molecule has 0 amide bonds. The highest BCUT2D eigenvalue weighted by Crippen LogP contribution is 2.24. The van der Waals surface area contributed by atoms with Crippen molar-refractivity contribution in [3.8, 4) is 0 Å². The molecule has 2 unspecified atom stereocenters. The van der Waals surface area contributed by atoms with Crippen LogP contribution in [0.25, 0.3) is 0 Å². The van der Waals surface area contributed by atoms with E-state index in [2.05, 4.69) is 40.6 Å². The predicted octanol–water partition coefficient (Wildman–Crippen LogP) is 2.36. The van der Waals surface area contributed by atoms with Gasteiger partial charge >= 0.3 is 0 Å². The molecule has 90 valence electrons. The molecule has 0 aromatic carbocycles. The Labute approximate surface area is 102 Å². The van der Waals surface area contributed by atoms with E-state index in [1.807, 2.05) is 12.4 Å². The van der Waals surface area contributed by atoms with Crippen molar-refractivity contribution in [1.82, 2.24) is 14.9 Å². The molecule has 0 saturated carbocycles. The highest BCUT2D eigenvalue weighted by Gasteiger charge is 2.16. The number of aromatic nitrogens is 2. The minimum absolute atomic E-state index is 0.350. The molecule has 0 radical (unpaired) electrons. The van der Waals surface area contributed by atoms with Crippen LogP contribution >= 0.6 is 11.8 Å². The summed E-state index contributed by atoms with van der Waals surface area (Å²) in [5, 5.41) is 4.39. The van der Waals surface area contributed by atoms with Crippen LogP contribution in [0.15, 0.2) is 12.4 Å². The molecule has 0 bridgehead atoms. The third kappa shape index (κ3) is 3.01. The van der Waals surface area contributed by atoms with Crippen molar-refractivity contribution in [3.63, 3.8) is 0 Å². The molecule has 0 aliphatic carbocycles. The fourth-order valence-corrected chi connectivity index (χ4v) is 3.41. The van der Waals surface area contributed by atoms with E-state index >= 15 is 0 Å². The molecule has 3 nitrogen and oxygen atoms in total. The minimum Gasteiger partial charge on any atom is -0.337 e. The summed E-state index contributed by atoms with van der Waals surface area (Å²) in [5.41, 5.74) is 0. The Morgan fingerprint density at radius 3 is 3.12 bits per heavy atom. The topological polar surface area (TPSA) is 29.9 Å². The lowest BCUT2D eigenvalue weighted by molar-refractivity contribution is 0.509. The van der Waals surface area contributed by atoms with Crippen molar-refractivity contribution >= 4 is 11.8 Å². The smallest absolute Gasteiger partial charge is 0.125 e. The van der Waals surface area contributed by atoms with Crippen molar-refractivity contribution < 1.29 is 0 Å². The Morgan fingerprint density at radius 1 is 1.62 bits per heavy atom. The Kier molecular flexibility index (Phi) is 4.29. The van der Waals surface area contributed by atoms with Gasteiger partial charge in [-0.25, -0.2) is 4.98 Å². The summed E-state index contributed by atoms with van der Waals surface area (Å²) in [6.07, 6.45) is 8.03. The van der Waals surface area contributed by atoms with Gasteiger partial charge in [-0.05, 0) is 25.5 Å². The van der Waals surface area contributed by atoms with E-state index in [9.17, 15) is 0 Å². The van der Waals surface area contributed by atoms with E-state index in [4.69, 9.17) is 0 Å². The van der Waals surface area contributed by atoms with Crippen molar-refractivity contribution in [2.45, 2.75) is 37.5 Å². The average molecular weight is 239 g/mol. The van der Waals surface area contributed by atoms with Crippen LogP contribution < -0.4 is 5.32 Å². The molecule has 0 spiro atoms. The summed E-state index contributed by atoms with van der Waals surface area (Å²) in [7, 11) is 2.05. The summed E-state index contributed by atoms with van der Waals surface area (Å²) >= 11 is 2.12. The van der Waals surface area contributed by atoms with Gasteiger partial charge in [0.2, 0.25) is 0 Å². The van der Waals surface area contributed by atoms with Crippen molar-refractivity contribution in [3.05, 3.63) is 18.2 Å². The van der Waals surface area contributed by atoms with Crippen LogP contribution in [-0.2, 0) is 7.05 Å². The largest absolute Gasteiger partial charge is 0.337 e. The Balaban J connectivity index is 1.79. The van der Waals surface area contributed by atoms with Gasteiger partial charge in [0, 0.05) is 31.2 Å². The normalized spacial score (nSPS) is 23.2. The highest BCUT2D eigenvalue weighted by molar-refractivity contribution is 7.99. The molecule has 1 fully saturated rings. The molecule has 2 atom stereocenters. The lowest BCUT2D eigenvalue weighted by Crippen LogP contribution is -2.30. The van der Waals surface area contributed by atoms with E-state index in [1.165, 1.54) is 25.0 Å². The number of hydrogen-bond acceptors (Lipinski definition) is 3. The molecule has 16 heavy (non-hydrogen) atoms. The monoisotopic (exact) mass is 239 g/mol. The maximum atomic E-state index is 4.37. The summed E-state index contributed by atoms with van der Waals surface area (Å²) < 4.78 is 2.09. The van der Waals surface area contributed by atoms with E-state index in [1.54, 1.807) is 0 Å². The first-order valence-corrected chi connectivity index (χ1v) is 7.14. The molecule has 4 heteroatoms. The number of nitrogens with zero attached hydrogens (tertiary/aromatic N) is 2. The lowest BCUT2D eigenvalue weighted by atomic mass is 10.2. The van der Waals surface area contributed by atoms with Gasteiger partial charge in [-0.1, -0.05) is 6.42 Å². The van der Waals surface area contributed by atoms with Crippen LogP contribution in [0.5, 0.6) is 0 Å². The van der Waals surface area contributed by atoms with Gasteiger partial charge in [0.25, 0.3) is 0 Å². The Bertz CT molecular complexity index is 318. The zero-order valence-corrected chi connectivity index (χ0v) is 11.0. The number of thioether (sulfide) groups is 1. The number of rotatable bonds is 4. The summed E-state index contributed by atoms with van der Waals surface area (Å²) in [6, 6.07) is 0.350. The van der Waals surface area contributed by atoms with Crippen molar-refractivity contribution in [2.75, 3.05) is 12.3 Å². The quantitative estimate of drug-likeness (QED) is 0.875. The van der Waals surface area contributed by atoms with Gasteiger partial charge in [-0.2, -0.15) is 11.8 Å². The summed E-state index contributed by atoms with van der Waals surface area (Å²) in [5.74, 6) is 2.46. The van der Waals surface area contributed by atoms with Gasteiger partial charge in [0.1, 0.15) is 5.82 Å². The van der Waals surface area contributed by atoms with E-state index < -0.39 is 0 Å². The van der Waals surface area contributed by atoms with Gasteiger partial charge in [-0.3, -0.25) is 0 Å². The molecule has 1 N–H and O–H groups in total. The van der Waals surface area contributed by atoms with Crippen LogP contribution in [0.3, 0.4) is 0 Å². The van der Waals surface area contributed by atoms with Gasteiger partial charge in [0.15, 0.2) is 0 Å². The van der Waals surface area contributed by atoms with Gasteiger partial charge < -0.3 is 9.88 Å². The lowest BCUT2D eigenvalue weighted by Gasteiger charge is -2.23. The van der Waals surface area contributed by atoms with Crippen molar-refractivity contribution in [2.24, 2.45) is 7.05 Å². The molecule has 1 aliphatic heterocycles. The molecule has 1 aliphatic rings. The van der Waals surface area contributed by atoms with Crippen LogP contribution in [0.2, 0.25) is 0 Å². The fourth-order valence-electron chi connectivity index (χ4n) is 2.16. The zero-order chi connectivity index (χ0) is 11.4. The van der Waals surface area contributed by atoms with Crippen LogP contribution in [0.1, 0.15) is 38.1 Å². The van der Waals surface area contributed by atoms with E-state index in [0.29, 0.717) is 6.04 Å². The maximum absolute atomic E-state index is 4.37. The molecular weight excluding hydrogens is 218 g/mol. The first-order chi connectivity index (χ1) is 7.77. The number of aryl methyl sites for hydroxylation is 1. The summed E-state index contributed by atoms with van der Waals surface area (Å²) in [4.78, 5) is 4.37. The number of nitrogens with one attached hydrogen (secondary N) is 1. The highest BCUT2D eigenvalue weighted by atomic mass is 32.2. The fraction of sp³-hybridized carbons (Fsp3) is 0.750. The maximum Gasteiger partial charge on any atom is 0.125 e. The average Bonchev–Trinajstić information content (AvgIpc) is 2.74. The van der Waals surface area contributed by atoms with Crippen molar-refractivity contribution in [1.29, 1.82) is 0 Å². The standard InChI is InChI=1S/C12H21N3S/c1-10(12-13-6-7-15(12)2)14-9-11-5-3-4-8-16-11/h6-7,10-11,14H,3-5,8-9H2,1-2H3. The molecule has 1 saturated heterocycles. The third-order valence-electron chi connectivity index (χ3n) is 3.17. The zero-order valence-electron chi connectivity index (χ0n) is 10.1. The summed E-state index contributed by atoms with van der Waals surface area (Å²) in [6.45, 7) is 3.30. The van der Waals surface area contributed by atoms with Crippen LogP contribution in [-0.4, -0.2) is 27.1 Å². The van der Waals surface area contributed by atoms with Crippen LogP contribution in [0, 0.1) is 0 Å². The number of hydrogen-bond donors (Lipinski definition) is 1. The molecule has 1 aromatic rings. The Hall–Kier alpha value is -0.480. The second-order valence-electron chi connectivity index (χ2n) is 4.51. The predicted molar refractivity (Wildman–Crippen MR) is 69.7 cm³/mol. The molecule has 1 aromatic heterocycles. The Morgan fingerprint density at radius 2 is 2.50 bits per heavy atom. The van der Waals surface area contributed by atoms with E-state index in [-0.39, 0.29) is 0 Å². The molecule has 2 heterocycles. The van der Waals surface area contributed by atoms with Crippen LogP contribution in [0.4, 0.5) is 0 Å². The number of imidazole rings is 1. The first-order valence-electron chi connectivity index (χ1n) is 6.09. The third-order valence-corrected chi connectivity index (χ3v) is 4.57. The first kappa shape index (κ1) is 12.0. The second kappa shape index (κ2) is 5.73. The SMILES string of the molecule is CC(NCC1CCCCS1)c1nccn1C.